The Labute approximate surface area is 183 Å². The zero-order valence-electron chi connectivity index (χ0n) is 18.1. The van der Waals surface area contributed by atoms with E-state index in [1.54, 1.807) is 30.7 Å². The maximum atomic E-state index is 13.3. The number of hydrogen-bond donors (Lipinski definition) is 1. The Kier molecular flexibility index (Phi) is 6.20. The van der Waals surface area contributed by atoms with Crippen LogP contribution in [0, 0.1) is 6.92 Å². The Balaban J connectivity index is 1.64. The maximum Gasteiger partial charge on any atom is 0.331 e. The Hall–Kier alpha value is -3.69. The van der Waals surface area contributed by atoms with Crippen LogP contribution in [0.1, 0.15) is 36.4 Å². The van der Waals surface area contributed by atoms with Crippen molar-refractivity contribution in [2.45, 2.75) is 52.2 Å². The first-order valence-corrected chi connectivity index (χ1v) is 10.5. The van der Waals surface area contributed by atoms with E-state index >= 15 is 0 Å². The highest BCUT2D eigenvalue weighted by Gasteiger charge is 2.25. The number of benzene rings is 1. The molecule has 1 aromatic carbocycles. The number of aryl methyl sites for hydroxylation is 1. The van der Waals surface area contributed by atoms with Crippen LogP contribution in [0.15, 0.2) is 38.4 Å². The van der Waals surface area contributed by atoms with E-state index in [1.165, 1.54) is 0 Å². The minimum absolute atomic E-state index is 0.144. The lowest BCUT2D eigenvalue weighted by Crippen LogP contribution is -2.45. The Bertz CT molecular complexity index is 1240. The second-order valence-electron chi connectivity index (χ2n) is 7.72. The lowest BCUT2D eigenvalue weighted by atomic mass is 10.1. The molecule has 1 aliphatic rings. The zero-order chi connectivity index (χ0) is 22.7. The molecule has 1 aliphatic heterocycles. The first-order chi connectivity index (χ1) is 15.5. The van der Waals surface area contributed by atoms with Crippen molar-refractivity contribution in [2.24, 2.45) is 0 Å². The van der Waals surface area contributed by atoms with E-state index in [4.69, 9.17) is 9.26 Å². The topological polar surface area (TPSA) is 121 Å². The molecule has 4 rings (SSSR count). The van der Waals surface area contributed by atoms with Crippen LogP contribution in [0.25, 0.3) is 11.4 Å². The van der Waals surface area contributed by atoms with Crippen LogP contribution in [-0.4, -0.2) is 32.3 Å². The van der Waals surface area contributed by atoms with E-state index in [0.717, 1.165) is 29.4 Å². The predicted octanol–water partition coefficient (Wildman–Crippen LogP) is 1.42. The van der Waals surface area contributed by atoms with Gasteiger partial charge >= 0.3 is 5.69 Å². The molecule has 0 radical (unpaired) electrons. The number of amides is 1. The summed E-state index contributed by atoms with van der Waals surface area (Å²) in [6.07, 6.45) is 3.19. The van der Waals surface area contributed by atoms with Crippen molar-refractivity contribution in [1.29, 1.82) is 0 Å². The first kappa shape index (κ1) is 21.5. The highest BCUT2D eigenvalue weighted by Crippen LogP contribution is 2.21. The molecule has 0 fully saturated rings. The van der Waals surface area contributed by atoms with E-state index in [-0.39, 0.29) is 17.9 Å². The number of aromatic nitrogens is 4. The summed E-state index contributed by atoms with van der Waals surface area (Å²) in [4.78, 5) is 43.2. The lowest BCUT2D eigenvalue weighted by molar-refractivity contribution is -0.121. The second kappa shape index (κ2) is 9.21. The lowest BCUT2D eigenvalue weighted by Gasteiger charge is -2.16. The van der Waals surface area contributed by atoms with Gasteiger partial charge in [-0.05, 0) is 37.0 Å². The van der Waals surface area contributed by atoms with Gasteiger partial charge in [0.1, 0.15) is 17.9 Å². The number of carbonyl (C=O) groups excluding carboxylic acids is 1. The standard InChI is InChI=1S/C22H25N5O5/c1-14-24-20(25-32-14)19-17-6-4-3-5-11-26(17)22(30)27(21(19)29)13-18(28)23-12-15-7-9-16(31-2)10-8-15/h7-10H,3-6,11-13H2,1-2H3,(H,23,28). The summed E-state index contributed by atoms with van der Waals surface area (Å²) < 4.78 is 12.7. The SMILES string of the molecule is COc1ccc(CNC(=O)Cn2c(=O)c(-c3noc(C)n3)c3n(c2=O)CCCCC3)cc1. The molecule has 168 valence electrons. The van der Waals surface area contributed by atoms with Gasteiger partial charge in [0.25, 0.3) is 5.56 Å². The number of hydrogen-bond acceptors (Lipinski definition) is 7. The molecule has 2 aromatic heterocycles. The monoisotopic (exact) mass is 439 g/mol. The van der Waals surface area contributed by atoms with Gasteiger partial charge in [0.2, 0.25) is 17.6 Å². The van der Waals surface area contributed by atoms with Gasteiger partial charge in [0, 0.05) is 25.7 Å². The van der Waals surface area contributed by atoms with Crippen LogP contribution >= 0.6 is 0 Å². The van der Waals surface area contributed by atoms with Gasteiger partial charge in [0.15, 0.2) is 0 Å². The van der Waals surface area contributed by atoms with Crippen molar-refractivity contribution in [3.63, 3.8) is 0 Å². The van der Waals surface area contributed by atoms with Crippen molar-refractivity contribution >= 4 is 5.91 Å². The molecule has 0 spiro atoms. The van der Waals surface area contributed by atoms with Gasteiger partial charge in [-0.15, -0.1) is 0 Å². The second-order valence-corrected chi connectivity index (χ2v) is 7.72. The predicted molar refractivity (Wildman–Crippen MR) is 115 cm³/mol. The summed E-state index contributed by atoms with van der Waals surface area (Å²) in [7, 11) is 1.58. The molecular formula is C22H25N5O5. The van der Waals surface area contributed by atoms with Crippen molar-refractivity contribution in [3.05, 3.63) is 62.3 Å². The van der Waals surface area contributed by atoms with Crippen LogP contribution in [0.2, 0.25) is 0 Å². The van der Waals surface area contributed by atoms with E-state index in [1.807, 2.05) is 12.1 Å². The van der Waals surface area contributed by atoms with E-state index in [2.05, 4.69) is 15.5 Å². The molecular weight excluding hydrogens is 414 g/mol. The quantitative estimate of drug-likeness (QED) is 0.616. The molecule has 3 aromatic rings. The molecule has 0 aliphatic carbocycles. The van der Waals surface area contributed by atoms with E-state index in [9.17, 15) is 14.4 Å². The van der Waals surface area contributed by atoms with Crippen LogP contribution in [0.3, 0.4) is 0 Å². The third kappa shape index (κ3) is 4.34. The molecule has 3 heterocycles. The average molecular weight is 439 g/mol. The van der Waals surface area contributed by atoms with Crippen molar-refractivity contribution in [1.82, 2.24) is 24.6 Å². The molecule has 0 bridgehead atoms. The van der Waals surface area contributed by atoms with Crippen LogP contribution in [0.5, 0.6) is 5.75 Å². The summed E-state index contributed by atoms with van der Waals surface area (Å²) in [6.45, 7) is 1.99. The summed E-state index contributed by atoms with van der Waals surface area (Å²) >= 11 is 0. The third-order valence-electron chi connectivity index (χ3n) is 5.53. The number of rotatable bonds is 6. The first-order valence-electron chi connectivity index (χ1n) is 10.5. The molecule has 10 heteroatoms. The molecule has 10 nitrogen and oxygen atoms in total. The summed E-state index contributed by atoms with van der Waals surface area (Å²) in [5, 5.41) is 6.66. The Morgan fingerprint density at radius 3 is 2.66 bits per heavy atom. The fraction of sp³-hybridized carbons (Fsp3) is 0.409. The normalized spacial score (nSPS) is 13.3. The minimum Gasteiger partial charge on any atom is -0.497 e. The summed E-state index contributed by atoms with van der Waals surface area (Å²) in [5.74, 6) is 0.741. The summed E-state index contributed by atoms with van der Waals surface area (Å²) in [6, 6.07) is 7.26. The van der Waals surface area contributed by atoms with Gasteiger partial charge in [-0.2, -0.15) is 4.98 Å². The average Bonchev–Trinajstić information content (AvgIpc) is 3.07. The number of fused-ring (bicyclic) bond motifs is 1. The Morgan fingerprint density at radius 2 is 1.97 bits per heavy atom. The molecule has 32 heavy (non-hydrogen) atoms. The van der Waals surface area contributed by atoms with Crippen molar-refractivity contribution < 1.29 is 14.1 Å². The minimum atomic E-state index is -0.580. The fourth-order valence-corrected chi connectivity index (χ4v) is 3.88. The number of ether oxygens (including phenoxy) is 1. The molecule has 0 unspecified atom stereocenters. The number of nitrogens with zero attached hydrogens (tertiary/aromatic N) is 4. The maximum absolute atomic E-state index is 13.3. The Morgan fingerprint density at radius 1 is 1.19 bits per heavy atom. The van der Waals surface area contributed by atoms with Gasteiger partial charge in [-0.25, -0.2) is 4.79 Å². The van der Waals surface area contributed by atoms with Gasteiger partial charge < -0.3 is 14.6 Å². The zero-order valence-corrected chi connectivity index (χ0v) is 18.1. The van der Waals surface area contributed by atoms with E-state index < -0.39 is 23.7 Å². The molecule has 0 atom stereocenters. The molecule has 0 saturated carbocycles. The highest BCUT2D eigenvalue weighted by atomic mass is 16.5. The largest absolute Gasteiger partial charge is 0.497 e. The number of nitrogens with one attached hydrogen (secondary N) is 1. The van der Waals surface area contributed by atoms with Gasteiger partial charge in [-0.1, -0.05) is 23.7 Å². The third-order valence-corrected chi connectivity index (χ3v) is 5.53. The van der Waals surface area contributed by atoms with Gasteiger partial charge in [0.05, 0.1) is 7.11 Å². The van der Waals surface area contributed by atoms with Gasteiger partial charge in [-0.3, -0.25) is 18.7 Å². The molecule has 0 saturated heterocycles. The van der Waals surface area contributed by atoms with Crippen LogP contribution in [0.4, 0.5) is 0 Å². The number of carbonyl (C=O) groups is 1. The molecule has 1 N–H and O–H groups in total. The van der Waals surface area contributed by atoms with Crippen molar-refractivity contribution in [2.75, 3.05) is 7.11 Å². The molecule has 1 amide bonds. The number of methoxy groups -OCH3 is 1. The fourth-order valence-electron chi connectivity index (χ4n) is 3.88. The van der Waals surface area contributed by atoms with Crippen molar-refractivity contribution in [3.8, 4) is 17.1 Å². The smallest absolute Gasteiger partial charge is 0.331 e. The summed E-state index contributed by atoms with van der Waals surface area (Å²) in [5.41, 5.74) is 0.631. The van der Waals surface area contributed by atoms with Crippen LogP contribution < -0.4 is 21.3 Å². The highest BCUT2D eigenvalue weighted by molar-refractivity contribution is 5.75. The van der Waals surface area contributed by atoms with E-state index in [0.29, 0.717) is 30.3 Å². The van der Waals surface area contributed by atoms with Crippen LogP contribution in [-0.2, 0) is 30.8 Å².